The van der Waals surface area contributed by atoms with Gasteiger partial charge < -0.3 is 14.8 Å². The number of methoxy groups -OCH3 is 1. The van der Waals surface area contributed by atoms with Crippen LogP contribution in [-0.2, 0) is 4.79 Å². The molecular weight excluding hydrogens is 372 g/mol. The van der Waals surface area contributed by atoms with Gasteiger partial charge in [-0.2, -0.15) is 0 Å². The van der Waals surface area contributed by atoms with E-state index in [0.717, 1.165) is 11.3 Å². The zero-order valence-corrected chi connectivity index (χ0v) is 17.5. The van der Waals surface area contributed by atoms with Crippen molar-refractivity contribution in [1.82, 2.24) is 5.32 Å². The fraction of sp³-hybridized carbons (Fsp3) is 0.273. The Bertz CT molecular complexity index is 964. The van der Waals surface area contributed by atoms with E-state index in [-0.39, 0.29) is 12.0 Å². The first-order valence-electron chi connectivity index (χ1n) is 9.08. The molecule has 0 atom stereocenters. The van der Waals surface area contributed by atoms with Crippen molar-refractivity contribution in [3.05, 3.63) is 58.0 Å². The zero-order valence-electron chi connectivity index (χ0n) is 16.7. The number of aliphatic imine (C=N–C) groups is 1. The zero-order chi connectivity index (χ0) is 20.3. The number of carbonyl (C=O) groups excluding carboxylic acids is 1. The molecule has 0 spiro atoms. The van der Waals surface area contributed by atoms with E-state index in [2.05, 4.69) is 17.2 Å². The standard InChI is InChI=1S/C22H24N2O3S/c1-13(2)27-20-16(7-6-8-18(20)26-5)12-19-21(25)24-22(28-19)23-17-10-9-14(3)15(4)11-17/h6-13H,1-5H3,(H,23,24,25)/b19-12-. The number of hydrogen-bond donors (Lipinski definition) is 1. The van der Waals surface area contributed by atoms with Gasteiger partial charge in [-0.3, -0.25) is 4.79 Å². The van der Waals surface area contributed by atoms with Gasteiger partial charge in [0.25, 0.3) is 5.91 Å². The van der Waals surface area contributed by atoms with Gasteiger partial charge >= 0.3 is 0 Å². The lowest BCUT2D eigenvalue weighted by molar-refractivity contribution is -0.115. The third-order valence-electron chi connectivity index (χ3n) is 4.24. The number of carbonyl (C=O) groups is 1. The summed E-state index contributed by atoms with van der Waals surface area (Å²) in [5.41, 5.74) is 3.98. The summed E-state index contributed by atoms with van der Waals surface area (Å²) in [6.07, 6.45) is 1.80. The second kappa shape index (κ2) is 8.52. The van der Waals surface area contributed by atoms with E-state index in [1.54, 1.807) is 7.11 Å². The number of benzene rings is 2. The summed E-state index contributed by atoms with van der Waals surface area (Å²) < 4.78 is 11.3. The molecule has 1 aliphatic rings. The summed E-state index contributed by atoms with van der Waals surface area (Å²) in [6.45, 7) is 8.01. The Labute approximate surface area is 169 Å². The summed E-state index contributed by atoms with van der Waals surface area (Å²) in [6, 6.07) is 11.6. The molecule has 1 saturated heterocycles. The number of para-hydroxylation sites is 1. The molecule has 0 radical (unpaired) electrons. The van der Waals surface area contributed by atoms with Crippen molar-refractivity contribution in [1.29, 1.82) is 0 Å². The minimum Gasteiger partial charge on any atom is -0.493 e. The molecule has 1 amide bonds. The number of hydrogen-bond acceptors (Lipinski definition) is 5. The molecule has 0 saturated carbocycles. The van der Waals surface area contributed by atoms with E-state index in [1.807, 2.05) is 63.2 Å². The third-order valence-corrected chi connectivity index (χ3v) is 5.15. The lowest BCUT2D eigenvalue weighted by Gasteiger charge is -2.16. The summed E-state index contributed by atoms with van der Waals surface area (Å²) in [5, 5.41) is 3.39. The number of nitrogens with zero attached hydrogens (tertiary/aromatic N) is 1. The van der Waals surface area contributed by atoms with Gasteiger partial charge in [-0.15, -0.1) is 0 Å². The molecule has 1 fully saturated rings. The topological polar surface area (TPSA) is 59.9 Å². The number of amidine groups is 1. The van der Waals surface area contributed by atoms with Gasteiger partial charge in [0.15, 0.2) is 16.7 Å². The van der Waals surface area contributed by atoms with Gasteiger partial charge in [0.2, 0.25) is 0 Å². The molecule has 28 heavy (non-hydrogen) atoms. The molecule has 2 aromatic carbocycles. The largest absolute Gasteiger partial charge is 0.493 e. The van der Waals surface area contributed by atoms with E-state index in [0.29, 0.717) is 21.6 Å². The van der Waals surface area contributed by atoms with Crippen LogP contribution in [0.1, 0.15) is 30.5 Å². The fourth-order valence-corrected chi connectivity index (χ4v) is 3.54. The third kappa shape index (κ3) is 4.57. The van der Waals surface area contributed by atoms with Crippen LogP contribution in [0.2, 0.25) is 0 Å². The van der Waals surface area contributed by atoms with Crippen LogP contribution in [0.5, 0.6) is 11.5 Å². The summed E-state index contributed by atoms with van der Waals surface area (Å²) in [5.74, 6) is 1.09. The Morgan fingerprint density at radius 1 is 1.14 bits per heavy atom. The average Bonchev–Trinajstić information content (AvgIpc) is 2.98. The molecular formula is C22H24N2O3S. The van der Waals surface area contributed by atoms with Crippen LogP contribution in [0, 0.1) is 13.8 Å². The number of thioether (sulfide) groups is 1. The number of amides is 1. The fourth-order valence-electron chi connectivity index (χ4n) is 2.70. The van der Waals surface area contributed by atoms with E-state index in [9.17, 15) is 4.79 Å². The molecule has 146 valence electrons. The Morgan fingerprint density at radius 2 is 1.93 bits per heavy atom. The molecule has 0 aliphatic carbocycles. The highest BCUT2D eigenvalue weighted by molar-refractivity contribution is 8.18. The maximum atomic E-state index is 12.4. The summed E-state index contributed by atoms with van der Waals surface area (Å²) in [4.78, 5) is 17.6. The minimum absolute atomic E-state index is 0.0135. The highest BCUT2D eigenvalue weighted by atomic mass is 32.2. The smallest absolute Gasteiger partial charge is 0.264 e. The van der Waals surface area contributed by atoms with E-state index < -0.39 is 0 Å². The van der Waals surface area contributed by atoms with Gasteiger partial charge in [-0.1, -0.05) is 18.2 Å². The average molecular weight is 397 g/mol. The van der Waals surface area contributed by atoms with E-state index in [4.69, 9.17) is 9.47 Å². The first kappa shape index (κ1) is 20.0. The van der Waals surface area contributed by atoms with Crippen molar-refractivity contribution in [2.45, 2.75) is 33.8 Å². The first-order chi connectivity index (χ1) is 13.4. The van der Waals surface area contributed by atoms with E-state index in [1.165, 1.54) is 22.9 Å². The van der Waals surface area contributed by atoms with Crippen molar-refractivity contribution in [2.75, 3.05) is 7.11 Å². The van der Waals surface area contributed by atoms with Gasteiger partial charge in [0, 0.05) is 5.56 Å². The van der Waals surface area contributed by atoms with E-state index >= 15 is 0 Å². The molecule has 0 aromatic heterocycles. The normalized spacial score (nSPS) is 16.7. The van der Waals surface area contributed by atoms with Crippen LogP contribution in [0.25, 0.3) is 6.08 Å². The van der Waals surface area contributed by atoms with Crippen LogP contribution in [0.4, 0.5) is 5.69 Å². The van der Waals surface area contributed by atoms with Gasteiger partial charge in [0.1, 0.15) is 0 Å². The molecule has 1 aliphatic heterocycles. The van der Waals surface area contributed by atoms with Crippen LogP contribution in [0.15, 0.2) is 46.3 Å². The predicted molar refractivity (Wildman–Crippen MR) is 115 cm³/mol. The van der Waals surface area contributed by atoms with Crippen LogP contribution in [0.3, 0.4) is 0 Å². The van der Waals surface area contributed by atoms with Gasteiger partial charge in [-0.05, 0) is 74.9 Å². The maximum absolute atomic E-state index is 12.4. The SMILES string of the molecule is COc1cccc(/C=C2\SC(=Nc3ccc(C)c(C)c3)NC2=O)c1OC(C)C. The molecule has 1 heterocycles. The minimum atomic E-state index is -0.175. The Morgan fingerprint density at radius 3 is 2.61 bits per heavy atom. The lowest BCUT2D eigenvalue weighted by atomic mass is 10.1. The highest BCUT2D eigenvalue weighted by Gasteiger charge is 2.25. The molecule has 6 heteroatoms. The number of nitrogens with one attached hydrogen (secondary N) is 1. The molecule has 5 nitrogen and oxygen atoms in total. The summed E-state index contributed by atoms with van der Waals surface area (Å²) in [7, 11) is 1.60. The lowest BCUT2D eigenvalue weighted by Crippen LogP contribution is -2.19. The summed E-state index contributed by atoms with van der Waals surface area (Å²) >= 11 is 1.31. The van der Waals surface area contributed by atoms with Crippen LogP contribution < -0.4 is 14.8 Å². The Kier molecular flexibility index (Phi) is 6.09. The highest BCUT2D eigenvalue weighted by Crippen LogP contribution is 2.36. The quantitative estimate of drug-likeness (QED) is 0.723. The monoisotopic (exact) mass is 396 g/mol. The maximum Gasteiger partial charge on any atom is 0.264 e. The van der Waals surface area contributed by atoms with Crippen molar-refractivity contribution in [3.8, 4) is 11.5 Å². The second-order valence-electron chi connectivity index (χ2n) is 6.80. The number of aryl methyl sites for hydroxylation is 2. The number of ether oxygens (including phenoxy) is 2. The van der Waals surface area contributed by atoms with Gasteiger partial charge in [0.05, 0.1) is 23.8 Å². The van der Waals surface area contributed by atoms with Crippen LogP contribution in [-0.4, -0.2) is 24.3 Å². The van der Waals surface area contributed by atoms with Crippen LogP contribution >= 0.6 is 11.8 Å². The molecule has 3 rings (SSSR count). The molecule has 0 bridgehead atoms. The van der Waals surface area contributed by atoms with Crippen molar-refractivity contribution >= 4 is 34.6 Å². The van der Waals surface area contributed by atoms with Crippen molar-refractivity contribution in [3.63, 3.8) is 0 Å². The molecule has 0 unspecified atom stereocenters. The Hall–Kier alpha value is -2.73. The second-order valence-corrected chi connectivity index (χ2v) is 7.83. The molecule has 2 aromatic rings. The molecule has 1 N–H and O–H groups in total. The van der Waals surface area contributed by atoms with Crippen molar-refractivity contribution < 1.29 is 14.3 Å². The number of rotatable bonds is 5. The van der Waals surface area contributed by atoms with Crippen molar-refractivity contribution in [2.24, 2.45) is 4.99 Å². The predicted octanol–water partition coefficient (Wildman–Crippen LogP) is 4.99. The van der Waals surface area contributed by atoms with Gasteiger partial charge in [-0.25, -0.2) is 4.99 Å². The first-order valence-corrected chi connectivity index (χ1v) is 9.89. The Balaban J connectivity index is 1.90.